The molecular formula is H4BaO2Se. The fourth-order valence-corrected chi connectivity index (χ4v) is 0. The second-order valence-electron chi connectivity index (χ2n) is 0. The molecule has 0 bridgehead atoms. The van der Waals surface area contributed by atoms with Gasteiger partial charge in [-0.3, -0.25) is 0 Å². The Labute approximate surface area is 75.5 Å². The molecule has 0 aromatic carbocycles. The summed E-state index contributed by atoms with van der Waals surface area (Å²) in [4.78, 5) is 0. The number of hydrogen-bond donors (Lipinski definition) is 0. The molecular weight excluding hydrogens is 248 g/mol. The summed E-state index contributed by atoms with van der Waals surface area (Å²) < 4.78 is 0. The summed E-state index contributed by atoms with van der Waals surface area (Å²) in [5, 5.41) is 0. The molecule has 0 radical (unpaired) electrons. The average Bonchev–Trinajstić information content (AvgIpc) is 0. The van der Waals surface area contributed by atoms with Crippen molar-refractivity contribution < 1.29 is 11.0 Å². The predicted octanol–water partition coefficient (Wildman–Crippen LogP) is -2.24. The molecule has 0 aliphatic rings. The molecule has 0 aliphatic heterocycles. The first-order chi connectivity index (χ1) is 0. The third-order valence-electron chi connectivity index (χ3n) is 0. The van der Waals surface area contributed by atoms with Crippen LogP contribution in [0.25, 0.3) is 0 Å². The van der Waals surface area contributed by atoms with E-state index < -0.39 is 0 Å². The Morgan fingerprint density at radius 3 is 1.00 bits per heavy atom. The molecule has 0 heterocycles. The van der Waals surface area contributed by atoms with Crippen LogP contribution in [0.5, 0.6) is 0 Å². The van der Waals surface area contributed by atoms with E-state index in [1.165, 1.54) is 0 Å². The summed E-state index contributed by atoms with van der Waals surface area (Å²) >= 11 is 0. The van der Waals surface area contributed by atoms with E-state index in [1.807, 2.05) is 0 Å². The van der Waals surface area contributed by atoms with Gasteiger partial charge in [0.15, 0.2) is 0 Å². The average molecular weight is 252 g/mol. The van der Waals surface area contributed by atoms with E-state index in [0.29, 0.717) is 0 Å². The third kappa shape index (κ3) is 8.99. The van der Waals surface area contributed by atoms with Gasteiger partial charge in [0.2, 0.25) is 0 Å². The molecule has 2 N–H and O–H groups in total. The standard InChI is InChI=1S/Ba.H2O.O.H2Se/h;1H2;;1H2/q+2;;-2;. The van der Waals surface area contributed by atoms with E-state index >= 15 is 0 Å². The summed E-state index contributed by atoms with van der Waals surface area (Å²) in [6.45, 7) is 0. The van der Waals surface area contributed by atoms with Gasteiger partial charge in [0.25, 0.3) is 0 Å². The Balaban J connectivity index is 0. The van der Waals surface area contributed by atoms with Gasteiger partial charge in [-0.1, -0.05) is 0 Å². The van der Waals surface area contributed by atoms with Crippen LogP contribution in [0.4, 0.5) is 0 Å². The first kappa shape index (κ1) is 37.3. The summed E-state index contributed by atoms with van der Waals surface area (Å²) in [7, 11) is 0. The maximum atomic E-state index is 0. The first-order valence-corrected chi connectivity index (χ1v) is 0. The minimum absolute atomic E-state index is 0. The Kier molecular flexibility index (Phi) is 186. The number of hydrogen-bond acceptors (Lipinski definition) is 0. The van der Waals surface area contributed by atoms with Crippen LogP contribution in [0.3, 0.4) is 0 Å². The van der Waals surface area contributed by atoms with Crippen LogP contribution >= 0.6 is 0 Å². The van der Waals surface area contributed by atoms with Crippen molar-refractivity contribution in [2.24, 2.45) is 0 Å². The van der Waals surface area contributed by atoms with Crippen LogP contribution in [0.1, 0.15) is 0 Å². The van der Waals surface area contributed by atoms with Gasteiger partial charge in [-0.15, -0.1) is 0 Å². The van der Waals surface area contributed by atoms with Gasteiger partial charge in [0, 0.05) is 0 Å². The third-order valence-corrected chi connectivity index (χ3v) is 0. The van der Waals surface area contributed by atoms with Gasteiger partial charge in [0.1, 0.15) is 0 Å². The Morgan fingerprint density at radius 2 is 1.00 bits per heavy atom. The van der Waals surface area contributed by atoms with E-state index in [2.05, 4.69) is 0 Å². The molecule has 0 aliphatic carbocycles. The van der Waals surface area contributed by atoms with Gasteiger partial charge < -0.3 is 11.0 Å². The molecule has 4 heavy (non-hydrogen) atoms. The topological polar surface area (TPSA) is 60.0 Å². The molecule has 0 saturated heterocycles. The van der Waals surface area contributed by atoms with E-state index in [9.17, 15) is 0 Å². The maximum absolute atomic E-state index is 0. The van der Waals surface area contributed by atoms with E-state index in [0.717, 1.165) is 0 Å². The van der Waals surface area contributed by atoms with Gasteiger partial charge in [-0.05, 0) is 0 Å². The van der Waals surface area contributed by atoms with Crippen molar-refractivity contribution in [3.63, 3.8) is 0 Å². The van der Waals surface area contributed by atoms with Crippen molar-refractivity contribution >= 4 is 65.9 Å². The summed E-state index contributed by atoms with van der Waals surface area (Å²) in [6, 6.07) is 0. The van der Waals surface area contributed by atoms with E-state index in [4.69, 9.17) is 0 Å². The zero-order chi connectivity index (χ0) is 0. The SMILES string of the molecule is O.[Ba+2].[O-2].[SeH2]. The molecule has 0 saturated carbocycles. The molecule has 0 aromatic rings. The second-order valence-corrected chi connectivity index (χ2v) is 0. The molecule has 0 spiro atoms. The fourth-order valence-electron chi connectivity index (χ4n) is 0. The number of rotatable bonds is 0. The molecule has 2 nitrogen and oxygen atoms in total. The zero-order valence-corrected chi connectivity index (χ0v) is 8.65. The fraction of sp³-hybridized carbons (Fsp3) is 0. The second kappa shape index (κ2) is 19.9. The predicted molar refractivity (Wildman–Crippen MR) is 18.6 cm³/mol. The quantitative estimate of drug-likeness (QED) is 0.438. The van der Waals surface area contributed by atoms with Crippen LogP contribution in [-0.4, -0.2) is 71.4 Å². The Hall–Kier alpha value is 2.01. The van der Waals surface area contributed by atoms with E-state index in [1.54, 1.807) is 0 Å². The summed E-state index contributed by atoms with van der Waals surface area (Å²) in [5.74, 6) is 0. The molecule has 0 atom stereocenters. The van der Waals surface area contributed by atoms with Crippen molar-refractivity contribution in [2.45, 2.75) is 0 Å². The van der Waals surface area contributed by atoms with Gasteiger partial charge in [-0.25, -0.2) is 0 Å². The van der Waals surface area contributed by atoms with Crippen molar-refractivity contribution in [1.29, 1.82) is 0 Å². The van der Waals surface area contributed by atoms with Gasteiger partial charge in [-0.2, -0.15) is 0 Å². The van der Waals surface area contributed by atoms with Crippen molar-refractivity contribution in [2.75, 3.05) is 0 Å². The summed E-state index contributed by atoms with van der Waals surface area (Å²) in [5.41, 5.74) is 0. The molecule has 0 fully saturated rings. The van der Waals surface area contributed by atoms with Crippen LogP contribution in [0.15, 0.2) is 0 Å². The summed E-state index contributed by atoms with van der Waals surface area (Å²) in [6.07, 6.45) is 0. The van der Waals surface area contributed by atoms with Gasteiger partial charge in [0.05, 0.1) is 0 Å². The minimum atomic E-state index is 0. The zero-order valence-electron chi connectivity index (χ0n) is 2.12. The molecule has 0 amide bonds. The normalized spacial score (nSPS) is 0. The monoisotopic (exact) mass is 254 g/mol. The first-order valence-electron chi connectivity index (χ1n) is 0. The van der Waals surface area contributed by atoms with Crippen molar-refractivity contribution in [1.82, 2.24) is 0 Å². The van der Waals surface area contributed by atoms with Crippen molar-refractivity contribution in [3.8, 4) is 0 Å². The van der Waals surface area contributed by atoms with Gasteiger partial charge >= 0.3 is 65.9 Å². The van der Waals surface area contributed by atoms with Crippen LogP contribution in [-0.2, 0) is 5.48 Å². The Morgan fingerprint density at radius 1 is 1.00 bits per heavy atom. The molecule has 0 aromatic heterocycles. The van der Waals surface area contributed by atoms with Crippen LogP contribution < -0.4 is 0 Å². The Bertz CT molecular complexity index is 6.00. The van der Waals surface area contributed by atoms with E-state index in [-0.39, 0.29) is 76.9 Å². The van der Waals surface area contributed by atoms with Crippen molar-refractivity contribution in [3.05, 3.63) is 0 Å². The van der Waals surface area contributed by atoms with Crippen LogP contribution in [0, 0.1) is 0 Å². The van der Waals surface area contributed by atoms with Crippen LogP contribution in [0.2, 0.25) is 0 Å². The molecule has 4 heteroatoms. The molecule has 0 unspecified atom stereocenters. The molecule has 0 rings (SSSR count). The molecule has 24 valence electrons.